The largest absolute Gasteiger partial charge is 0.394 e. The smallest absolute Gasteiger partial charge is 0.246 e. The number of aliphatic hydroxyl groups excluding tert-OH is 1. The third-order valence-electron chi connectivity index (χ3n) is 3.95. The van der Waals surface area contributed by atoms with Gasteiger partial charge in [0.25, 0.3) is 0 Å². The van der Waals surface area contributed by atoms with E-state index in [9.17, 15) is 8.42 Å². The summed E-state index contributed by atoms with van der Waals surface area (Å²) < 4.78 is 28.1. The van der Waals surface area contributed by atoms with Crippen LogP contribution >= 0.6 is 0 Å². The van der Waals surface area contributed by atoms with E-state index < -0.39 is 10.0 Å². The lowest BCUT2D eigenvalue weighted by molar-refractivity contribution is 0.252. The molecule has 7 heteroatoms. The zero-order valence-corrected chi connectivity index (χ0v) is 13.1. The summed E-state index contributed by atoms with van der Waals surface area (Å²) in [6, 6.07) is 0. The van der Waals surface area contributed by atoms with E-state index in [-0.39, 0.29) is 16.9 Å². The van der Waals surface area contributed by atoms with Crippen LogP contribution in [0, 0.1) is 11.3 Å². The Balaban J connectivity index is 2.15. The molecular formula is C13H23N3O3S. The van der Waals surface area contributed by atoms with Gasteiger partial charge in [-0.2, -0.15) is 9.40 Å². The first-order valence-corrected chi connectivity index (χ1v) is 8.32. The zero-order chi connectivity index (χ0) is 15.0. The minimum absolute atomic E-state index is 0.0586. The zero-order valence-electron chi connectivity index (χ0n) is 12.3. The van der Waals surface area contributed by atoms with Gasteiger partial charge in [-0.1, -0.05) is 20.8 Å². The van der Waals surface area contributed by atoms with Crippen molar-refractivity contribution < 1.29 is 13.5 Å². The fourth-order valence-corrected chi connectivity index (χ4v) is 3.96. The first kappa shape index (κ1) is 15.5. The van der Waals surface area contributed by atoms with Crippen LogP contribution in [0.4, 0.5) is 0 Å². The summed E-state index contributed by atoms with van der Waals surface area (Å²) in [5, 5.41) is 12.8. The second-order valence-corrected chi connectivity index (χ2v) is 8.32. The van der Waals surface area contributed by atoms with Crippen molar-refractivity contribution in [2.24, 2.45) is 11.3 Å². The second-order valence-electron chi connectivity index (χ2n) is 6.38. The van der Waals surface area contributed by atoms with Crippen LogP contribution < -0.4 is 0 Å². The number of nitrogens with zero attached hydrogens (tertiary/aromatic N) is 3. The average molecular weight is 301 g/mol. The Labute approximate surface area is 120 Å². The summed E-state index contributed by atoms with van der Waals surface area (Å²) in [5.74, 6) is 0.379. The van der Waals surface area contributed by atoms with Crippen molar-refractivity contribution in [3.63, 3.8) is 0 Å². The van der Waals surface area contributed by atoms with Gasteiger partial charge >= 0.3 is 0 Å². The van der Waals surface area contributed by atoms with Gasteiger partial charge in [-0.05, 0) is 17.8 Å². The van der Waals surface area contributed by atoms with Gasteiger partial charge < -0.3 is 5.11 Å². The van der Waals surface area contributed by atoms with Crippen molar-refractivity contribution in [1.82, 2.24) is 14.1 Å². The average Bonchev–Trinajstić information content (AvgIpc) is 2.97. The highest BCUT2D eigenvalue weighted by molar-refractivity contribution is 7.89. The molecule has 20 heavy (non-hydrogen) atoms. The number of sulfonamides is 1. The quantitative estimate of drug-likeness (QED) is 0.898. The molecule has 1 aliphatic heterocycles. The maximum absolute atomic E-state index is 12.5. The van der Waals surface area contributed by atoms with Crippen LogP contribution in [-0.2, 0) is 16.6 Å². The summed E-state index contributed by atoms with van der Waals surface area (Å²) in [4.78, 5) is 0.209. The van der Waals surface area contributed by atoms with E-state index in [1.807, 2.05) is 0 Å². The Hall–Kier alpha value is -0.920. The number of aromatic nitrogens is 2. The first-order chi connectivity index (χ1) is 9.25. The Morgan fingerprint density at radius 2 is 2.15 bits per heavy atom. The molecular weight excluding hydrogens is 278 g/mol. The standard InChI is InChI=1S/C13H23N3O3S/c1-13(2,3)11-4-5-16(9-11)20(18,19)12-8-14-15(10-12)6-7-17/h8,10-11,17H,4-7,9H2,1-3H3. The molecule has 6 nitrogen and oxygen atoms in total. The molecule has 1 fully saturated rings. The molecule has 0 amide bonds. The molecule has 114 valence electrons. The van der Waals surface area contributed by atoms with E-state index in [0.29, 0.717) is 25.6 Å². The summed E-state index contributed by atoms with van der Waals surface area (Å²) >= 11 is 0. The van der Waals surface area contributed by atoms with Crippen molar-refractivity contribution in [2.75, 3.05) is 19.7 Å². The van der Waals surface area contributed by atoms with Gasteiger partial charge in [0.05, 0.1) is 19.3 Å². The van der Waals surface area contributed by atoms with Crippen LogP contribution in [0.3, 0.4) is 0 Å². The van der Waals surface area contributed by atoms with Crippen molar-refractivity contribution in [3.8, 4) is 0 Å². The molecule has 2 rings (SSSR count). The maximum Gasteiger partial charge on any atom is 0.246 e. The Bertz CT molecular complexity index is 560. The predicted octanol–water partition coefficient (Wildman–Crippen LogP) is 0.932. The van der Waals surface area contributed by atoms with Crippen LogP contribution in [0.5, 0.6) is 0 Å². The van der Waals surface area contributed by atoms with Gasteiger partial charge in [-0.3, -0.25) is 4.68 Å². The fraction of sp³-hybridized carbons (Fsp3) is 0.769. The van der Waals surface area contributed by atoms with Gasteiger partial charge in [0.15, 0.2) is 0 Å². The molecule has 0 aromatic carbocycles. The predicted molar refractivity (Wildman–Crippen MR) is 75.6 cm³/mol. The van der Waals surface area contributed by atoms with Gasteiger partial charge in [0.2, 0.25) is 10.0 Å². The Morgan fingerprint density at radius 3 is 2.70 bits per heavy atom. The van der Waals surface area contributed by atoms with Crippen LogP contribution in [-0.4, -0.2) is 47.3 Å². The number of hydrogen-bond donors (Lipinski definition) is 1. The van der Waals surface area contributed by atoms with E-state index >= 15 is 0 Å². The van der Waals surface area contributed by atoms with Crippen molar-refractivity contribution in [3.05, 3.63) is 12.4 Å². The second kappa shape index (κ2) is 5.46. The Kier molecular flexibility index (Phi) is 4.22. The molecule has 0 saturated carbocycles. The fourth-order valence-electron chi connectivity index (χ4n) is 2.51. The molecule has 1 unspecified atom stereocenters. The molecule has 0 spiro atoms. The van der Waals surface area contributed by atoms with Gasteiger partial charge in [-0.15, -0.1) is 0 Å². The maximum atomic E-state index is 12.5. The highest BCUT2D eigenvalue weighted by Gasteiger charge is 2.38. The third-order valence-corrected chi connectivity index (χ3v) is 5.77. The number of aliphatic hydroxyl groups is 1. The van der Waals surface area contributed by atoms with E-state index in [1.54, 1.807) is 4.31 Å². The van der Waals surface area contributed by atoms with Gasteiger partial charge in [-0.25, -0.2) is 8.42 Å². The minimum Gasteiger partial charge on any atom is -0.394 e. The van der Waals surface area contributed by atoms with Crippen molar-refractivity contribution in [2.45, 2.75) is 38.6 Å². The van der Waals surface area contributed by atoms with Gasteiger partial charge in [0, 0.05) is 19.3 Å². The molecule has 0 radical (unpaired) electrons. The minimum atomic E-state index is -3.46. The molecule has 1 aromatic rings. The lowest BCUT2D eigenvalue weighted by atomic mass is 9.80. The summed E-state index contributed by atoms with van der Waals surface area (Å²) in [5.41, 5.74) is 0.116. The van der Waals surface area contributed by atoms with Crippen LogP contribution in [0.15, 0.2) is 17.3 Å². The lowest BCUT2D eigenvalue weighted by Crippen LogP contribution is -2.31. The summed E-state index contributed by atoms with van der Waals surface area (Å²) in [6.45, 7) is 7.82. The molecule has 1 atom stereocenters. The van der Waals surface area contributed by atoms with Crippen LogP contribution in [0.1, 0.15) is 27.2 Å². The highest BCUT2D eigenvalue weighted by atomic mass is 32.2. The van der Waals surface area contributed by atoms with Crippen LogP contribution in [0.25, 0.3) is 0 Å². The normalized spacial score (nSPS) is 21.5. The molecule has 1 aliphatic rings. The summed E-state index contributed by atoms with van der Waals surface area (Å²) in [7, 11) is -3.46. The molecule has 1 N–H and O–H groups in total. The van der Waals surface area contributed by atoms with E-state index in [1.165, 1.54) is 17.1 Å². The van der Waals surface area contributed by atoms with E-state index in [2.05, 4.69) is 25.9 Å². The molecule has 0 bridgehead atoms. The SMILES string of the molecule is CC(C)(C)C1CCN(S(=O)(=O)c2cnn(CCO)c2)C1. The summed E-state index contributed by atoms with van der Waals surface area (Å²) in [6.07, 6.45) is 3.74. The topological polar surface area (TPSA) is 75.4 Å². The molecule has 2 heterocycles. The van der Waals surface area contributed by atoms with Crippen molar-refractivity contribution in [1.29, 1.82) is 0 Å². The van der Waals surface area contributed by atoms with Crippen LogP contribution in [0.2, 0.25) is 0 Å². The highest BCUT2D eigenvalue weighted by Crippen LogP contribution is 2.35. The monoisotopic (exact) mass is 301 g/mol. The van der Waals surface area contributed by atoms with Gasteiger partial charge in [0.1, 0.15) is 4.90 Å². The molecule has 1 aromatic heterocycles. The number of rotatable bonds is 4. The number of hydrogen-bond acceptors (Lipinski definition) is 4. The lowest BCUT2D eigenvalue weighted by Gasteiger charge is -2.26. The van der Waals surface area contributed by atoms with Crippen molar-refractivity contribution >= 4 is 10.0 Å². The van der Waals surface area contributed by atoms with E-state index in [4.69, 9.17) is 5.11 Å². The first-order valence-electron chi connectivity index (χ1n) is 6.88. The Morgan fingerprint density at radius 1 is 1.45 bits per heavy atom. The van der Waals surface area contributed by atoms with E-state index in [0.717, 1.165) is 6.42 Å². The molecule has 1 saturated heterocycles. The third kappa shape index (κ3) is 3.05. The molecule has 0 aliphatic carbocycles.